The van der Waals surface area contributed by atoms with Gasteiger partial charge in [0, 0.05) is 35.9 Å². The molecule has 2 atom stereocenters. The summed E-state index contributed by atoms with van der Waals surface area (Å²) in [5.41, 5.74) is 7.25. The van der Waals surface area contributed by atoms with E-state index >= 15 is 0 Å². The molecule has 0 aliphatic heterocycles. The highest BCUT2D eigenvalue weighted by molar-refractivity contribution is 5.56. The molecule has 2 fully saturated rings. The van der Waals surface area contributed by atoms with Gasteiger partial charge in [0.2, 0.25) is 0 Å². The zero-order chi connectivity index (χ0) is 41.1. The Kier molecular flexibility index (Phi) is 18.9. The molecular formula is C54H78N4O. The topological polar surface area (TPSA) is 60.8 Å². The first-order valence-corrected chi connectivity index (χ1v) is 24.6. The lowest BCUT2D eigenvalue weighted by molar-refractivity contribution is -0.0907. The van der Waals surface area contributed by atoms with Crippen molar-refractivity contribution in [1.29, 1.82) is 0 Å². The minimum atomic E-state index is 0.0540. The van der Waals surface area contributed by atoms with Crippen molar-refractivity contribution in [2.45, 2.75) is 194 Å². The highest BCUT2D eigenvalue weighted by Gasteiger charge is 2.36. The van der Waals surface area contributed by atoms with E-state index in [1.807, 2.05) is 24.8 Å². The summed E-state index contributed by atoms with van der Waals surface area (Å²) in [6.07, 6.45) is 38.7. The molecule has 5 heteroatoms. The number of hydrogen-bond donors (Lipinski definition) is 0. The number of unbranched alkanes of at least 4 members (excludes halogenated alkanes) is 8. The Labute approximate surface area is 359 Å². The van der Waals surface area contributed by atoms with Gasteiger partial charge in [-0.2, -0.15) is 0 Å². The van der Waals surface area contributed by atoms with Crippen LogP contribution in [0.25, 0.3) is 22.8 Å². The molecule has 2 aliphatic carbocycles. The summed E-state index contributed by atoms with van der Waals surface area (Å²) in [4.78, 5) is 19.3. The second-order valence-electron chi connectivity index (χ2n) is 18.5. The van der Waals surface area contributed by atoms with Gasteiger partial charge in [-0.15, -0.1) is 0 Å². The second kappa shape index (κ2) is 24.7. The van der Waals surface area contributed by atoms with Crippen LogP contribution in [-0.2, 0) is 17.6 Å². The van der Waals surface area contributed by atoms with E-state index < -0.39 is 0 Å². The molecule has 0 bridgehead atoms. The Morgan fingerprint density at radius 2 is 0.797 bits per heavy atom. The molecule has 5 nitrogen and oxygen atoms in total. The van der Waals surface area contributed by atoms with Crippen LogP contribution >= 0.6 is 0 Å². The van der Waals surface area contributed by atoms with Crippen molar-refractivity contribution < 1.29 is 4.74 Å². The smallest absolute Gasteiger partial charge is 0.159 e. The third kappa shape index (κ3) is 13.8. The number of rotatable bonds is 24. The van der Waals surface area contributed by atoms with Crippen LogP contribution < -0.4 is 0 Å². The summed E-state index contributed by atoms with van der Waals surface area (Å²) in [6.45, 7) is 9.19. The molecule has 320 valence electrons. The fourth-order valence-electron chi connectivity index (χ4n) is 10.0. The highest BCUT2D eigenvalue weighted by Crippen LogP contribution is 2.47. The van der Waals surface area contributed by atoms with E-state index in [2.05, 4.69) is 76.2 Å². The normalized spacial score (nSPS) is 20.7. The molecule has 2 unspecified atom stereocenters. The van der Waals surface area contributed by atoms with Crippen molar-refractivity contribution in [2.24, 2.45) is 23.7 Å². The number of ether oxygens (including phenoxy) is 1. The van der Waals surface area contributed by atoms with Gasteiger partial charge in [-0.25, -0.2) is 19.9 Å². The van der Waals surface area contributed by atoms with Crippen LogP contribution in [-0.4, -0.2) is 19.9 Å². The first kappa shape index (κ1) is 45.1. The lowest BCUT2D eigenvalue weighted by atomic mass is 9.74. The van der Waals surface area contributed by atoms with Crippen molar-refractivity contribution in [3.63, 3.8) is 0 Å². The maximum absolute atomic E-state index is 7.70. The van der Waals surface area contributed by atoms with E-state index in [9.17, 15) is 0 Å². The van der Waals surface area contributed by atoms with Crippen LogP contribution in [0.15, 0.2) is 73.3 Å². The fraction of sp³-hybridized carbons (Fsp3) is 0.630. The summed E-state index contributed by atoms with van der Waals surface area (Å²) >= 11 is 0. The van der Waals surface area contributed by atoms with E-state index in [-0.39, 0.29) is 12.2 Å². The second-order valence-corrected chi connectivity index (χ2v) is 18.5. The van der Waals surface area contributed by atoms with Crippen LogP contribution in [0.4, 0.5) is 0 Å². The molecule has 0 amide bonds. The minimum absolute atomic E-state index is 0.0540. The molecule has 0 saturated heterocycles. The van der Waals surface area contributed by atoms with Crippen molar-refractivity contribution >= 4 is 0 Å². The Morgan fingerprint density at radius 1 is 0.441 bits per heavy atom. The first-order valence-electron chi connectivity index (χ1n) is 24.6. The van der Waals surface area contributed by atoms with E-state index in [1.54, 1.807) is 0 Å². The average molecular weight is 799 g/mol. The monoisotopic (exact) mass is 799 g/mol. The van der Waals surface area contributed by atoms with E-state index in [0.717, 1.165) is 47.5 Å². The van der Waals surface area contributed by atoms with E-state index in [4.69, 9.17) is 24.7 Å². The largest absolute Gasteiger partial charge is 0.365 e. The summed E-state index contributed by atoms with van der Waals surface area (Å²) in [6, 6.07) is 18.3. The molecule has 2 aromatic carbocycles. The Bertz CT molecular complexity index is 1580. The Hall–Kier alpha value is -3.44. The molecule has 59 heavy (non-hydrogen) atoms. The third-order valence-electron chi connectivity index (χ3n) is 13.9. The third-order valence-corrected chi connectivity index (χ3v) is 13.9. The maximum atomic E-state index is 7.70. The van der Waals surface area contributed by atoms with Gasteiger partial charge in [-0.3, -0.25) is 0 Å². The predicted octanol–water partition coefficient (Wildman–Crippen LogP) is 15.6. The van der Waals surface area contributed by atoms with Crippen LogP contribution in [0, 0.1) is 23.7 Å². The molecule has 0 radical (unpaired) electrons. The zero-order valence-corrected chi connectivity index (χ0v) is 37.6. The first-order chi connectivity index (χ1) is 29.1. The van der Waals surface area contributed by atoms with Gasteiger partial charge >= 0.3 is 0 Å². The molecule has 0 spiro atoms. The van der Waals surface area contributed by atoms with Gasteiger partial charge in [0.25, 0.3) is 0 Å². The molecule has 0 N–H and O–H groups in total. The number of aryl methyl sites for hydroxylation is 2. The maximum Gasteiger partial charge on any atom is 0.159 e. The van der Waals surface area contributed by atoms with Crippen LogP contribution in [0.1, 0.15) is 203 Å². The molecule has 2 saturated carbocycles. The van der Waals surface area contributed by atoms with E-state index in [1.165, 1.54) is 164 Å². The minimum Gasteiger partial charge on any atom is -0.365 e. The standard InChI is InChI=1S/C54H78N4O/c1-5-9-13-15-19-43-37-55-53(56-38-43)49-33-29-47(30-34-49)51(45-25-21-41(22-26-45)17-11-7-3)59-52(46-27-23-42(24-28-46)18-12-8-4)48-31-35-50(36-32-48)54-57-39-44(40-58-54)20-16-14-10-6-2/h29-42,45-46,51-52H,5-28H2,1-4H3. The molecule has 2 aromatic heterocycles. The molecule has 2 heterocycles. The highest BCUT2D eigenvalue weighted by atomic mass is 16.5. The van der Waals surface area contributed by atoms with Gasteiger partial charge in [0.1, 0.15) is 0 Å². The Balaban J connectivity index is 1.23. The lowest BCUT2D eigenvalue weighted by Crippen LogP contribution is -2.28. The SMILES string of the molecule is CCCCCCc1cnc(-c2ccc(C(OC(c3ccc(-c4ncc(CCCCCC)cn4)cc3)C3CCC(CCCC)CC3)C3CCC(CCCC)CC3)cc2)nc1. The van der Waals surface area contributed by atoms with Crippen molar-refractivity contribution in [1.82, 2.24) is 19.9 Å². The van der Waals surface area contributed by atoms with Gasteiger partial charge < -0.3 is 4.74 Å². The van der Waals surface area contributed by atoms with Gasteiger partial charge in [-0.1, -0.05) is 179 Å². The van der Waals surface area contributed by atoms with Crippen molar-refractivity contribution in [3.8, 4) is 22.8 Å². The van der Waals surface area contributed by atoms with Gasteiger partial charge in [0.15, 0.2) is 11.6 Å². The fourth-order valence-corrected chi connectivity index (χ4v) is 10.0. The van der Waals surface area contributed by atoms with Crippen LogP contribution in [0.3, 0.4) is 0 Å². The van der Waals surface area contributed by atoms with Gasteiger partial charge in [0.05, 0.1) is 12.2 Å². The van der Waals surface area contributed by atoms with Crippen molar-refractivity contribution in [3.05, 3.63) is 95.6 Å². The zero-order valence-electron chi connectivity index (χ0n) is 37.6. The summed E-state index contributed by atoms with van der Waals surface area (Å²) < 4.78 is 7.70. The predicted molar refractivity (Wildman–Crippen MR) is 247 cm³/mol. The quantitative estimate of drug-likeness (QED) is 0.0661. The number of hydrogen-bond acceptors (Lipinski definition) is 5. The Morgan fingerprint density at radius 3 is 1.14 bits per heavy atom. The molecule has 6 rings (SSSR count). The van der Waals surface area contributed by atoms with Crippen molar-refractivity contribution in [2.75, 3.05) is 0 Å². The summed E-state index contributed by atoms with van der Waals surface area (Å²) in [7, 11) is 0. The van der Waals surface area contributed by atoms with Gasteiger partial charge in [-0.05, 0) is 97.3 Å². The van der Waals surface area contributed by atoms with E-state index in [0.29, 0.717) is 11.8 Å². The summed E-state index contributed by atoms with van der Waals surface area (Å²) in [5, 5.41) is 0. The summed E-state index contributed by atoms with van der Waals surface area (Å²) in [5.74, 6) is 4.37. The molecular weight excluding hydrogens is 721 g/mol. The molecule has 4 aromatic rings. The number of aromatic nitrogens is 4. The average Bonchev–Trinajstić information content (AvgIpc) is 3.29. The number of nitrogens with zero attached hydrogens (tertiary/aromatic N) is 4. The lowest BCUT2D eigenvalue weighted by Gasteiger charge is -2.40. The molecule has 2 aliphatic rings. The van der Waals surface area contributed by atoms with Crippen LogP contribution in [0.5, 0.6) is 0 Å². The number of benzene rings is 2. The van der Waals surface area contributed by atoms with Crippen LogP contribution in [0.2, 0.25) is 0 Å².